The second kappa shape index (κ2) is 5.12. The van der Waals surface area contributed by atoms with Gasteiger partial charge in [-0.25, -0.2) is 8.78 Å². The molecule has 1 aromatic rings. The molecule has 0 atom stereocenters. The zero-order valence-electron chi connectivity index (χ0n) is 9.92. The lowest BCUT2D eigenvalue weighted by atomic mass is 9.74. The smallest absolute Gasteiger partial charge is 0.170 e. The number of carbonyl (C=O) groups is 1. The van der Waals surface area contributed by atoms with E-state index < -0.39 is 17.0 Å². The Morgan fingerprint density at radius 2 is 1.78 bits per heavy atom. The predicted octanol–water partition coefficient (Wildman–Crippen LogP) is 1.90. The highest BCUT2D eigenvalue weighted by Gasteiger charge is 2.39. The second-order valence-corrected chi connectivity index (χ2v) is 4.58. The van der Waals surface area contributed by atoms with Gasteiger partial charge in [0.25, 0.3) is 0 Å². The molecule has 0 saturated carbocycles. The van der Waals surface area contributed by atoms with Crippen LogP contribution < -0.4 is 5.73 Å². The summed E-state index contributed by atoms with van der Waals surface area (Å²) in [7, 11) is 0. The summed E-state index contributed by atoms with van der Waals surface area (Å²) < 4.78 is 31.5. The summed E-state index contributed by atoms with van der Waals surface area (Å²) in [5.74, 6) is -1.80. The van der Waals surface area contributed by atoms with Crippen LogP contribution in [0.5, 0.6) is 0 Å². The third-order valence-electron chi connectivity index (χ3n) is 3.45. The molecule has 98 valence electrons. The standard InChI is InChI=1S/C13H15F2NO2/c14-10-5-9(6-11(15)7-10)12(17)13(8-16)1-3-18-4-2-13/h5-7H,1-4,8,16H2. The van der Waals surface area contributed by atoms with Crippen molar-refractivity contribution < 1.29 is 18.3 Å². The third-order valence-corrected chi connectivity index (χ3v) is 3.45. The van der Waals surface area contributed by atoms with Crippen LogP contribution in [0.2, 0.25) is 0 Å². The van der Waals surface area contributed by atoms with Crippen molar-refractivity contribution in [1.29, 1.82) is 0 Å². The fraction of sp³-hybridized carbons (Fsp3) is 0.462. The zero-order chi connectivity index (χ0) is 13.2. The first-order valence-electron chi connectivity index (χ1n) is 5.86. The first kappa shape index (κ1) is 13.1. The van der Waals surface area contributed by atoms with Crippen LogP contribution in [0.15, 0.2) is 18.2 Å². The van der Waals surface area contributed by atoms with Crippen molar-refractivity contribution in [3.05, 3.63) is 35.4 Å². The molecular formula is C13H15F2NO2. The van der Waals surface area contributed by atoms with Crippen LogP contribution in [-0.4, -0.2) is 25.5 Å². The van der Waals surface area contributed by atoms with E-state index in [1.54, 1.807) is 0 Å². The molecule has 1 fully saturated rings. The molecule has 0 aliphatic carbocycles. The summed E-state index contributed by atoms with van der Waals surface area (Å²) in [6.07, 6.45) is 0.973. The van der Waals surface area contributed by atoms with Crippen LogP contribution >= 0.6 is 0 Å². The van der Waals surface area contributed by atoms with Crippen LogP contribution in [0.3, 0.4) is 0 Å². The summed E-state index contributed by atoms with van der Waals surface area (Å²) in [6.45, 7) is 1.05. The van der Waals surface area contributed by atoms with E-state index in [2.05, 4.69) is 0 Å². The Morgan fingerprint density at radius 3 is 2.28 bits per heavy atom. The number of ether oxygens (including phenoxy) is 1. The zero-order valence-corrected chi connectivity index (χ0v) is 9.92. The molecule has 0 spiro atoms. The topological polar surface area (TPSA) is 52.3 Å². The van der Waals surface area contributed by atoms with Crippen molar-refractivity contribution in [2.45, 2.75) is 12.8 Å². The number of nitrogens with two attached hydrogens (primary N) is 1. The lowest BCUT2D eigenvalue weighted by molar-refractivity contribution is 0.0200. The van der Waals surface area contributed by atoms with Gasteiger partial charge < -0.3 is 10.5 Å². The van der Waals surface area contributed by atoms with Crippen molar-refractivity contribution in [2.24, 2.45) is 11.1 Å². The van der Waals surface area contributed by atoms with Crippen molar-refractivity contribution in [1.82, 2.24) is 0 Å². The molecular weight excluding hydrogens is 240 g/mol. The summed E-state index contributed by atoms with van der Waals surface area (Å²) in [6, 6.07) is 2.85. The number of ketones is 1. The van der Waals surface area contributed by atoms with Crippen LogP contribution in [-0.2, 0) is 4.74 Å². The van der Waals surface area contributed by atoms with E-state index in [-0.39, 0.29) is 17.9 Å². The quantitative estimate of drug-likeness (QED) is 0.839. The third kappa shape index (κ3) is 2.42. The average molecular weight is 255 g/mol. The normalized spacial score (nSPS) is 18.6. The van der Waals surface area contributed by atoms with Crippen molar-refractivity contribution in [3.8, 4) is 0 Å². The van der Waals surface area contributed by atoms with E-state index in [1.807, 2.05) is 0 Å². The number of halogens is 2. The van der Waals surface area contributed by atoms with E-state index >= 15 is 0 Å². The van der Waals surface area contributed by atoms with Gasteiger partial charge in [-0.3, -0.25) is 4.79 Å². The SMILES string of the molecule is NCC1(C(=O)c2cc(F)cc(F)c2)CCOCC1. The Kier molecular flexibility index (Phi) is 3.73. The van der Waals surface area contributed by atoms with Crippen molar-refractivity contribution in [2.75, 3.05) is 19.8 Å². The minimum absolute atomic E-state index is 0.0415. The number of hydrogen-bond donors (Lipinski definition) is 1. The number of Topliss-reactive ketones (excluding diaryl/α,β-unsaturated/α-hetero) is 1. The number of carbonyl (C=O) groups excluding carboxylic acids is 1. The summed E-state index contributed by atoms with van der Waals surface area (Å²) in [5.41, 5.74) is 4.98. The average Bonchev–Trinajstić information content (AvgIpc) is 2.37. The van der Waals surface area contributed by atoms with E-state index in [9.17, 15) is 13.6 Å². The lowest BCUT2D eigenvalue weighted by Gasteiger charge is -2.34. The molecule has 0 bridgehead atoms. The number of benzene rings is 1. The van der Waals surface area contributed by atoms with Crippen molar-refractivity contribution >= 4 is 5.78 Å². The fourth-order valence-electron chi connectivity index (χ4n) is 2.28. The first-order chi connectivity index (χ1) is 8.57. The molecule has 18 heavy (non-hydrogen) atoms. The molecule has 0 radical (unpaired) electrons. The van der Waals surface area contributed by atoms with Gasteiger partial charge in [0, 0.05) is 31.4 Å². The molecule has 0 unspecified atom stereocenters. The van der Waals surface area contributed by atoms with E-state index in [0.717, 1.165) is 18.2 Å². The number of hydrogen-bond acceptors (Lipinski definition) is 3. The molecule has 1 aromatic carbocycles. The van der Waals surface area contributed by atoms with Gasteiger partial charge in [-0.2, -0.15) is 0 Å². The van der Waals surface area contributed by atoms with Gasteiger partial charge in [0.15, 0.2) is 5.78 Å². The maximum Gasteiger partial charge on any atom is 0.170 e. The van der Waals surface area contributed by atoms with Crippen LogP contribution in [0, 0.1) is 17.0 Å². The second-order valence-electron chi connectivity index (χ2n) is 4.58. The fourth-order valence-corrected chi connectivity index (χ4v) is 2.28. The maximum absolute atomic E-state index is 13.1. The van der Waals surface area contributed by atoms with Gasteiger partial charge in [-0.1, -0.05) is 0 Å². The van der Waals surface area contributed by atoms with E-state index in [1.165, 1.54) is 0 Å². The summed E-state index contributed by atoms with van der Waals surface area (Å²) >= 11 is 0. The van der Waals surface area contributed by atoms with Gasteiger partial charge >= 0.3 is 0 Å². The van der Waals surface area contributed by atoms with Crippen molar-refractivity contribution in [3.63, 3.8) is 0 Å². The molecule has 1 heterocycles. The molecule has 0 amide bonds. The molecule has 0 aromatic heterocycles. The molecule has 1 saturated heterocycles. The maximum atomic E-state index is 13.1. The Morgan fingerprint density at radius 1 is 1.22 bits per heavy atom. The highest BCUT2D eigenvalue weighted by Crippen LogP contribution is 2.33. The monoisotopic (exact) mass is 255 g/mol. The molecule has 3 nitrogen and oxygen atoms in total. The highest BCUT2D eigenvalue weighted by atomic mass is 19.1. The summed E-state index contributed by atoms with van der Waals surface area (Å²) in [5, 5.41) is 0. The van der Waals surface area contributed by atoms with Gasteiger partial charge in [0.1, 0.15) is 11.6 Å². The Balaban J connectivity index is 2.33. The Labute approximate surface area is 104 Å². The van der Waals surface area contributed by atoms with E-state index in [4.69, 9.17) is 10.5 Å². The molecule has 2 N–H and O–H groups in total. The van der Waals surface area contributed by atoms with Crippen LogP contribution in [0.25, 0.3) is 0 Å². The minimum atomic E-state index is -0.752. The van der Waals surface area contributed by atoms with Gasteiger partial charge in [0.05, 0.1) is 5.41 Å². The van der Waals surface area contributed by atoms with Gasteiger partial charge in [-0.05, 0) is 25.0 Å². The molecule has 1 aliphatic rings. The minimum Gasteiger partial charge on any atom is -0.381 e. The lowest BCUT2D eigenvalue weighted by Crippen LogP contribution is -2.43. The van der Waals surface area contributed by atoms with Crippen LogP contribution in [0.1, 0.15) is 23.2 Å². The summed E-state index contributed by atoms with van der Waals surface area (Å²) in [4.78, 5) is 12.4. The van der Waals surface area contributed by atoms with Gasteiger partial charge in [0.2, 0.25) is 0 Å². The predicted molar refractivity (Wildman–Crippen MR) is 62.2 cm³/mol. The highest BCUT2D eigenvalue weighted by molar-refractivity contribution is 6.00. The first-order valence-corrected chi connectivity index (χ1v) is 5.86. The van der Waals surface area contributed by atoms with Gasteiger partial charge in [-0.15, -0.1) is 0 Å². The van der Waals surface area contributed by atoms with E-state index in [0.29, 0.717) is 26.1 Å². The molecule has 5 heteroatoms. The van der Waals surface area contributed by atoms with Crippen LogP contribution in [0.4, 0.5) is 8.78 Å². The molecule has 2 rings (SSSR count). The Bertz CT molecular complexity index is 436. The molecule has 1 aliphatic heterocycles. The largest absolute Gasteiger partial charge is 0.381 e. The number of rotatable bonds is 3. The Hall–Kier alpha value is -1.33.